The first-order valence-electron chi connectivity index (χ1n) is 4.15. The highest BCUT2D eigenvalue weighted by atomic mass is 32.1. The van der Waals surface area contributed by atoms with Crippen molar-refractivity contribution in [1.29, 1.82) is 0 Å². The van der Waals surface area contributed by atoms with Gasteiger partial charge in [0.05, 0.1) is 5.25 Å². The van der Waals surface area contributed by atoms with Gasteiger partial charge in [-0.3, -0.25) is 4.79 Å². The van der Waals surface area contributed by atoms with Crippen LogP contribution in [-0.2, 0) is 4.79 Å². The first-order chi connectivity index (χ1) is 5.52. The maximum atomic E-state index is 11.3. The van der Waals surface area contributed by atoms with Crippen LogP contribution in [0.2, 0.25) is 0 Å². The Morgan fingerprint density at radius 2 is 2.08 bits per heavy atom. The SMILES string of the molecule is CC(S)C(=O)N1CC(N(C)C)C1. The smallest absolute Gasteiger partial charge is 0.235 e. The maximum absolute atomic E-state index is 11.3. The molecule has 1 saturated heterocycles. The first kappa shape index (κ1) is 9.86. The molecule has 4 heteroatoms. The summed E-state index contributed by atoms with van der Waals surface area (Å²) in [6.45, 7) is 3.53. The molecule has 12 heavy (non-hydrogen) atoms. The molecule has 3 nitrogen and oxygen atoms in total. The molecule has 1 aliphatic rings. The monoisotopic (exact) mass is 188 g/mol. The number of amides is 1. The number of rotatable bonds is 2. The van der Waals surface area contributed by atoms with Crippen LogP contribution in [0.5, 0.6) is 0 Å². The summed E-state index contributed by atoms with van der Waals surface area (Å²) in [4.78, 5) is 15.3. The first-order valence-corrected chi connectivity index (χ1v) is 4.67. The van der Waals surface area contributed by atoms with E-state index >= 15 is 0 Å². The Hall–Kier alpha value is -0.220. The van der Waals surface area contributed by atoms with Crippen LogP contribution >= 0.6 is 12.6 Å². The van der Waals surface area contributed by atoms with E-state index in [2.05, 4.69) is 17.5 Å². The molecule has 0 aliphatic carbocycles. The molecular weight excluding hydrogens is 172 g/mol. The summed E-state index contributed by atoms with van der Waals surface area (Å²) in [6.07, 6.45) is 0. The molecule has 0 N–H and O–H groups in total. The zero-order chi connectivity index (χ0) is 9.30. The average Bonchev–Trinajstić information content (AvgIpc) is 1.82. The van der Waals surface area contributed by atoms with Crippen LogP contribution in [0.3, 0.4) is 0 Å². The summed E-state index contributed by atoms with van der Waals surface area (Å²) < 4.78 is 0. The second-order valence-corrected chi connectivity index (χ2v) is 4.31. The largest absolute Gasteiger partial charge is 0.338 e. The zero-order valence-corrected chi connectivity index (χ0v) is 8.71. The van der Waals surface area contributed by atoms with E-state index in [1.165, 1.54) is 0 Å². The fraction of sp³-hybridized carbons (Fsp3) is 0.875. The fourth-order valence-corrected chi connectivity index (χ4v) is 1.39. The van der Waals surface area contributed by atoms with Crippen LogP contribution in [0.25, 0.3) is 0 Å². The number of hydrogen-bond donors (Lipinski definition) is 1. The third-order valence-electron chi connectivity index (χ3n) is 2.26. The number of likely N-dealkylation sites (tertiary alicyclic amines) is 1. The Morgan fingerprint density at radius 3 is 2.42 bits per heavy atom. The highest BCUT2D eigenvalue weighted by Gasteiger charge is 2.32. The number of carbonyl (C=O) groups is 1. The van der Waals surface area contributed by atoms with Crippen molar-refractivity contribution in [1.82, 2.24) is 9.80 Å². The third-order valence-corrected chi connectivity index (χ3v) is 2.48. The van der Waals surface area contributed by atoms with Crippen molar-refractivity contribution < 1.29 is 4.79 Å². The van der Waals surface area contributed by atoms with Crippen LogP contribution in [0.4, 0.5) is 0 Å². The fourth-order valence-electron chi connectivity index (χ4n) is 1.23. The van der Waals surface area contributed by atoms with Crippen molar-refractivity contribution in [3.8, 4) is 0 Å². The van der Waals surface area contributed by atoms with E-state index in [0.717, 1.165) is 13.1 Å². The molecule has 1 rings (SSSR count). The molecule has 0 spiro atoms. The lowest BCUT2D eigenvalue weighted by Gasteiger charge is -2.43. The lowest BCUT2D eigenvalue weighted by molar-refractivity contribution is -0.136. The molecular formula is C8H16N2OS. The quantitative estimate of drug-likeness (QED) is 0.620. The van der Waals surface area contributed by atoms with Gasteiger partial charge < -0.3 is 9.80 Å². The molecule has 1 atom stereocenters. The number of nitrogens with zero attached hydrogens (tertiary/aromatic N) is 2. The summed E-state index contributed by atoms with van der Waals surface area (Å²) in [6, 6.07) is 0.543. The van der Waals surface area contributed by atoms with E-state index in [1.54, 1.807) is 0 Å². The molecule has 0 aromatic carbocycles. The van der Waals surface area contributed by atoms with Gasteiger partial charge in [-0.1, -0.05) is 0 Å². The summed E-state index contributed by atoms with van der Waals surface area (Å²) in [5.41, 5.74) is 0. The summed E-state index contributed by atoms with van der Waals surface area (Å²) >= 11 is 4.10. The summed E-state index contributed by atoms with van der Waals surface area (Å²) in [7, 11) is 4.08. The molecule has 70 valence electrons. The Labute approximate surface area is 79.1 Å². The van der Waals surface area contributed by atoms with Gasteiger partial charge in [-0.2, -0.15) is 12.6 Å². The predicted molar refractivity (Wildman–Crippen MR) is 52.5 cm³/mol. The molecule has 0 radical (unpaired) electrons. The van der Waals surface area contributed by atoms with E-state index < -0.39 is 0 Å². The Morgan fingerprint density at radius 1 is 1.58 bits per heavy atom. The van der Waals surface area contributed by atoms with E-state index in [-0.39, 0.29) is 11.2 Å². The molecule has 0 saturated carbocycles. The second kappa shape index (κ2) is 3.66. The van der Waals surface area contributed by atoms with Crippen LogP contribution in [0, 0.1) is 0 Å². The van der Waals surface area contributed by atoms with Gasteiger partial charge in [0.25, 0.3) is 0 Å². The van der Waals surface area contributed by atoms with Crippen molar-refractivity contribution >= 4 is 18.5 Å². The van der Waals surface area contributed by atoms with Crippen molar-refractivity contribution in [2.75, 3.05) is 27.2 Å². The molecule has 1 unspecified atom stereocenters. The molecule has 1 heterocycles. The lowest BCUT2D eigenvalue weighted by Crippen LogP contribution is -2.60. The number of carbonyl (C=O) groups excluding carboxylic acids is 1. The minimum atomic E-state index is -0.159. The third kappa shape index (κ3) is 1.93. The van der Waals surface area contributed by atoms with Gasteiger partial charge in [-0.25, -0.2) is 0 Å². The normalized spacial score (nSPS) is 20.9. The minimum Gasteiger partial charge on any atom is -0.338 e. The molecule has 0 aromatic rings. The molecule has 1 amide bonds. The van der Waals surface area contributed by atoms with Crippen LogP contribution < -0.4 is 0 Å². The number of likely N-dealkylation sites (N-methyl/N-ethyl adjacent to an activating group) is 1. The van der Waals surface area contributed by atoms with Crippen LogP contribution in [0.1, 0.15) is 6.92 Å². The van der Waals surface area contributed by atoms with Gasteiger partial charge in [0, 0.05) is 19.1 Å². The topological polar surface area (TPSA) is 23.6 Å². The lowest BCUT2D eigenvalue weighted by atomic mass is 10.1. The number of hydrogen-bond acceptors (Lipinski definition) is 3. The highest BCUT2D eigenvalue weighted by molar-refractivity contribution is 7.81. The Bertz CT molecular complexity index is 176. The van der Waals surface area contributed by atoms with E-state index in [1.807, 2.05) is 25.9 Å². The van der Waals surface area contributed by atoms with Crippen molar-refractivity contribution in [2.24, 2.45) is 0 Å². The summed E-state index contributed by atoms with van der Waals surface area (Å²) in [5, 5.41) is -0.159. The minimum absolute atomic E-state index is 0.149. The Balaban J connectivity index is 2.30. The van der Waals surface area contributed by atoms with E-state index in [4.69, 9.17) is 0 Å². The predicted octanol–water partition coefficient (Wildman–Crippen LogP) is 0.0771. The highest BCUT2D eigenvalue weighted by Crippen LogP contribution is 2.14. The Kier molecular flexibility index (Phi) is 3.01. The molecule has 1 fully saturated rings. The maximum Gasteiger partial charge on any atom is 0.235 e. The second-order valence-electron chi connectivity index (χ2n) is 3.54. The van der Waals surface area contributed by atoms with Crippen molar-refractivity contribution in [3.05, 3.63) is 0 Å². The van der Waals surface area contributed by atoms with Crippen LogP contribution in [-0.4, -0.2) is 54.2 Å². The zero-order valence-electron chi connectivity index (χ0n) is 7.82. The van der Waals surface area contributed by atoms with Crippen molar-refractivity contribution in [3.63, 3.8) is 0 Å². The number of thiol groups is 1. The van der Waals surface area contributed by atoms with Gasteiger partial charge in [-0.15, -0.1) is 0 Å². The average molecular weight is 188 g/mol. The molecule has 1 aliphatic heterocycles. The van der Waals surface area contributed by atoms with Crippen LogP contribution in [0.15, 0.2) is 0 Å². The van der Waals surface area contributed by atoms with E-state index in [9.17, 15) is 4.79 Å². The van der Waals surface area contributed by atoms with Crippen molar-refractivity contribution in [2.45, 2.75) is 18.2 Å². The van der Waals surface area contributed by atoms with E-state index in [0.29, 0.717) is 6.04 Å². The molecule has 0 bridgehead atoms. The van der Waals surface area contributed by atoms with Gasteiger partial charge in [0.2, 0.25) is 5.91 Å². The van der Waals surface area contributed by atoms with Gasteiger partial charge >= 0.3 is 0 Å². The standard InChI is InChI=1S/C8H16N2OS/c1-6(12)8(11)10-4-7(5-10)9(2)3/h6-7,12H,4-5H2,1-3H3. The molecule has 0 aromatic heterocycles. The van der Waals surface area contributed by atoms with Gasteiger partial charge in [-0.05, 0) is 21.0 Å². The van der Waals surface area contributed by atoms with Gasteiger partial charge in [0.15, 0.2) is 0 Å². The summed E-state index contributed by atoms with van der Waals surface area (Å²) in [5.74, 6) is 0.149. The van der Waals surface area contributed by atoms with Gasteiger partial charge in [0.1, 0.15) is 0 Å².